The van der Waals surface area contributed by atoms with Crippen LogP contribution in [-0.2, 0) is 15.2 Å². The number of hydrogen-bond acceptors (Lipinski definition) is 4. The number of carboxylic acid groups (broad SMARTS) is 1. The van der Waals surface area contributed by atoms with E-state index in [1.165, 1.54) is 0 Å². The predicted molar refractivity (Wildman–Crippen MR) is 38.0 cm³/mol. The molecule has 0 heterocycles. The molecule has 0 saturated heterocycles. The first-order valence-corrected chi connectivity index (χ1v) is 3.28. The SMILES string of the molecule is NCC(=O)O.O=S(=O)(O)O.[KH]. The average Bonchev–Trinajstić information content (AvgIpc) is 1.61. The van der Waals surface area contributed by atoms with Crippen molar-refractivity contribution in [2.75, 3.05) is 6.54 Å². The molecule has 0 aromatic rings. The van der Waals surface area contributed by atoms with E-state index in [-0.39, 0.29) is 57.9 Å². The molecule has 0 aliphatic heterocycles. The second-order valence-corrected chi connectivity index (χ2v) is 1.94. The van der Waals surface area contributed by atoms with Gasteiger partial charge in [0, 0.05) is 0 Å². The predicted octanol–water partition coefficient (Wildman–Crippen LogP) is -2.27. The zero-order valence-corrected chi connectivity index (χ0v) is 5.58. The van der Waals surface area contributed by atoms with Crippen LogP contribution in [0.15, 0.2) is 0 Å². The van der Waals surface area contributed by atoms with Crippen LogP contribution in [0.5, 0.6) is 0 Å². The van der Waals surface area contributed by atoms with E-state index in [0.29, 0.717) is 0 Å². The van der Waals surface area contributed by atoms with Crippen LogP contribution < -0.4 is 5.73 Å². The number of rotatable bonds is 1. The first kappa shape index (κ1) is 17.9. The van der Waals surface area contributed by atoms with Crippen molar-refractivity contribution in [1.82, 2.24) is 0 Å². The van der Waals surface area contributed by atoms with Gasteiger partial charge < -0.3 is 10.8 Å². The molecule has 11 heavy (non-hydrogen) atoms. The van der Waals surface area contributed by atoms with Crippen molar-refractivity contribution in [3.8, 4) is 0 Å². The Labute approximate surface area is 106 Å². The second kappa shape index (κ2) is 9.03. The van der Waals surface area contributed by atoms with Gasteiger partial charge in [0.25, 0.3) is 0 Å². The van der Waals surface area contributed by atoms with Crippen molar-refractivity contribution in [3.63, 3.8) is 0 Å². The maximum atomic E-state index is 9.24. The summed E-state index contributed by atoms with van der Waals surface area (Å²) in [5.41, 5.74) is 4.57. The maximum absolute atomic E-state index is 9.24. The quantitative estimate of drug-likeness (QED) is 0.284. The van der Waals surface area contributed by atoms with E-state index in [2.05, 4.69) is 5.73 Å². The van der Waals surface area contributed by atoms with Crippen LogP contribution in [-0.4, -0.2) is 86.5 Å². The van der Waals surface area contributed by atoms with Crippen LogP contribution >= 0.6 is 0 Å². The fourth-order valence-corrected chi connectivity index (χ4v) is 0. The van der Waals surface area contributed by atoms with Crippen LogP contribution in [0.3, 0.4) is 0 Å². The van der Waals surface area contributed by atoms with Crippen LogP contribution in [0.2, 0.25) is 0 Å². The van der Waals surface area contributed by atoms with Crippen molar-refractivity contribution in [3.05, 3.63) is 0 Å². The molecular formula is C2H8KNO6S. The fourth-order valence-electron chi connectivity index (χ4n) is 0. The molecule has 0 aliphatic rings. The molecule has 0 radical (unpaired) electrons. The zero-order chi connectivity index (χ0) is 8.78. The van der Waals surface area contributed by atoms with Crippen LogP contribution in [0.4, 0.5) is 0 Å². The molecule has 5 N–H and O–H groups in total. The van der Waals surface area contributed by atoms with E-state index in [0.717, 1.165) is 0 Å². The summed E-state index contributed by atoms with van der Waals surface area (Å²) in [5, 5.41) is 7.60. The third kappa shape index (κ3) is 101. The Morgan fingerprint density at radius 3 is 1.45 bits per heavy atom. The molecule has 0 unspecified atom stereocenters. The Hall–Kier alpha value is 0.936. The van der Waals surface area contributed by atoms with Gasteiger partial charge in [-0.15, -0.1) is 0 Å². The molecule has 0 atom stereocenters. The van der Waals surface area contributed by atoms with Gasteiger partial charge in [-0.2, -0.15) is 8.42 Å². The molecule has 0 aromatic carbocycles. The van der Waals surface area contributed by atoms with Crippen molar-refractivity contribution in [2.24, 2.45) is 5.73 Å². The molecule has 0 spiro atoms. The minimum absolute atomic E-state index is 0. The van der Waals surface area contributed by atoms with Gasteiger partial charge in [-0.1, -0.05) is 0 Å². The van der Waals surface area contributed by atoms with Gasteiger partial charge in [-0.3, -0.25) is 13.9 Å². The summed E-state index contributed by atoms with van der Waals surface area (Å²) in [5.74, 6) is -0.968. The monoisotopic (exact) mass is 213 g/mol. The molecular weight excluding hydrogens is 205 g/mol. The van der Waals surface area contributed by atoms with E-state index in [1.54, 1.807) is 0 Å². The molecule has 0 aliphatic carbocycles. The normalized spacial score (nSPS) is 8.64. The van der Waals surface area contributed by atoms with Gasteiger partial charge >= 0.3 is 67.8 Å². The van der Waals surface area contributed by atoms with E-state index < -0.39 is 16.4 Å². The average molecular weight is 213 g/mol. The first-order chi connectivity index (χ1) is 4.27. The molecule has 9 heteroatoms. The standard InChI is InChI=1S/C2H5NO2.K.H2O4S.H/c3-1-2(4)5;;1-5(2,3)4;/h1,3H2,(H,4,5);;(H2,1,2,3,4);. The molecule has 0 fully saturated rings. The molecule has 0 saturated carbocycles. The fraction of sp³-hybridized carbons (Fsp3) is 0.500. The molecule has 0 bridgehead atoms. The van der Waals surface area contributed by atoms with E-state index in [4.69, 9.17) is 22.6 Å². The summed E-state index contributed by atoms with van der Waals surface area (Å²) in [6.07, 6.45) is 0. The van der Waals surface area contributed by atoms with Crippen molar-refractivity contribution in [1.29, 1.82) is 0 Å². The van der Waals surface area contributed by atoms with Gasteiger partial charge in [-0.05, 0) is 0 Å². The molecule has 0 aromatic heterocycles. The minimum atomic E-state index is -4.67. The Kier molecular flexibility index (Phi) is 14.7. The summed E-state index contributed by atoms with van der Waals surface area (Å²) in [6.45, 7) is -0.278. The van der Waals surface area contributed by atoms with Gasteiger partial charge in [0.1, 0.15) is 0 Å². The summed E-state index contributed by atoms with van der Waals surface area (Å²) < 4.78 is 31.6. The third-order valence-corrected chi connectivity index (χ3v) is 0.175. The van der Waals surface area contributed by atoms with E-state index in [1.807, 2.05) is 0 Å². The molecule has 0 rings (SSSR count). The number of aliphatic carboxylic acids is 1. The van der Waals surface area contributed by atoms with Gasteiger partial charge in [0.2, 0.25) is 0 Å². The molecule has 64 valence electrons. The van der Waals surface area contributed by atoms with Gasteiger partial charge in [0.15, 0.2) is 0 Å². The van der Waals surface area contributed by atoms with Crippen LogP contribution in [0.25, 0.3) is 0 Å². The number of nitrogens with two attached hydrogens (primary N) is 1. The van der Waals surface area contributed by atoms with Crippen molar-refractivity contribution in [2.45, 2.75) is 0 Å². The zero-order valence-electron chi connectivity index (χ0n) is 4.76. The number of carboxylic acids is 1. The Morgan fingerprint density at radius 1 is 1.36 bits per heavy atom. The molecule has 7 nitrogen and oxygen atoms in total. The topological polar surface area (TPSA) is 138 Å². The van der Waals surface area contributed by atoms with Crippen molar-refractivity contribution >= 4 is 67.8 Å². The summed E-state index contributed by atoms with van der Waals surface area (Å²) in [7, 11) is -4.67. The first-order valence-electron chi connectivity index (χ1n) is 1.89. The summed E-state index contributed by atoms with van der Waals surface area (Å²) >= 11 is 0. The number of hydrogen-bond donors (Lipinski definition) is 4. The van der Waals surface area contributed by atoms with Gasteiger partial charge in [-0.25, -0.2) is 0 Å². The second-order valence-electron chi connectivity index (χ2n) is 1.05. The number of carbonyl (C=O) groups is 1. The Bertz CT molecular complexity index is 179. The Morgan fingerprint density at radius 2 is 1.45 bits per heavy atom. The molecule has 0 amide bonds. The van der Waals surface area contributed by atoms with Crippen molar-refractivity contribution < 1.29 is 27.4 Å². The van der Waals surface area contributed by atoms with E-state index in [9.17, 15) is 4.79 Å². The summed E-state index contributed by atoms with van der Waals surface area (Å²) in [4.78, 5) is 9.24. The van der Waals surface area contributed by atoms with Gasteiger partial charge in [0.05, 0.1) is 6.54 Å². The summed E-state index contributed by atoms with van der Waals surface area (Å²) in [6, 6.07) is 0. The van der Waals surface area contributed by atoms with Crippen LogP contribution in [0.1, 0.15) is 0 Å². The van der Waals surface area contributed by atoms with Crippen LogP contribution in [0, 0.1) is 0 Å². The Balaban J connectivity index is -0.000000107. The third-order valence-electron chi connectivity index (χ3n) is 0.175. The van der Waals surface area contributed by atoms with E-state index >= 15 is 0 Å².